The molecule has 4 aliphatic rings. The zero-order valence-electron chi connectivity index (χ0n) is 19.8. The highest BCUT2D eigenvalue weighted by molar-refractivity contribution is 6.30. The van der Waals surface area contributed by atoms with Crippen LogP contribution in [0.2, 0.25) is 5.02 Å². The largest absolute Gasteiger partial charge is 0.373 e. The summed E-state index contributed by atoms with van der Waals surface area (Å²) in [5.74, 6) is -6.39. The quantitative estimate of drug-likeness (QED) is 0.505. The SMILES string of the molecule is C[C@H](Nc1cncc(Cl)c1)C(=O)N1[C@H]2CC[C@@H]([C@H]1C(=O)N[C@H](C#N)C[C@@H]1CCCNC1=O)C(F)(F)C2. The van der Waals surface area contributed by atoms with Gasteiger partial charge >= 0.3 is 0 Å². The molecule has 9 nitrogen and oxygen atoms in total. The highest BCUT2D eigenvalue weighted by Crippen LogP contribution is 2.49. The molecule has 3 aliphatic heterocycles. The Hall–Kier alpha value is -3.00. The van der Waals surface area contributed by atoms with Crippen molar-refractivity contribution in [1.29, 1.82) is 5.26 Å². The monoisotopic (exact) mass is 522 g/mol. The maximum Gasteiger partial charge on any atom is 0.255 e. The Morgan fingerprint density at radius 1 is 1.36 bits per heavy atom. The standard InChI is InChI=1S/C24H29ClF2N6O3/c1-13(31-17-8-15(25)11-29-12-17)23(36)33-18-4-5-19(24(26,27)9-18)20(33)22(35)32-16(10-28)7-14-3-2-6-30-21(14)34/h8,11-14,16,18-20,31H,2-7,9H2,1H3,(H,30,34)(H,32,35)/t13-,14-,16-,18-,19-,20-/m0/s1. The first-order chi connectivity index (χ1) is 17.1. The number of anilines is 1. The van der Waals surface area contributed by atoms with Crippen LogP contribution in [0.1, 0.15) is 45.4 Å². The normalized spacial score (nSPS) is 28.4. The maximum absolute atomic E-state index is 14.9. The van der Waals surface area contributed by atoms with Gasteiger partial charge in [-0.15, -0.1) is 0 Å². The van der Waals surface area contributed by atoms with E-state index in [1.165, 1.54) is 17.3 Å². The average molecular weight is 523 g/mol. The second kappa shape index (κ2) is 10.5. The van der Waals surface area contributed by atoms with Gasteiger partial charge in [-0.1, -0.05) is 11.6 Å². The molecule has 1 aliphatic carbocycles. The number of carbonyl (C=O) groups excluding carboxylic acids is 3. The first-order valence-corrected chi connectivity index (χ1v) is 12.5. The minimum absolute atomic E-state index is 0.0823. The molecular weight excluding hydrogens is 494 g/mol. The van der Waals surface area contributed by atoms with E-state index in [2.05, 4.69) is 20.9 Å². The minimum atomic E-state index is -3.11. The van der Waals surface area contributed by atoms with Crippen molar-refractivity contribution in [3.05, 3.63) is 23.5 Å². The Morgan fingerprint density at radius 2 is 2.14 bits per heavy atom. The number of aromatic nitrogens is 1. The van der Waals surface area contributed by atoms with Crippen LogP contribution >= 0.6 is 11.6 Å². The van der Waals surface area contributed by atoms with Crippen molar-refractivity contribution in [1.82, 2.24) is 20.5 Å². The first-order valence-electron chi connectivity index (χ1n) is 12.2. The maximum atomic E-state index is 14.9. The van der Waals surface area contributed by atoms with E-state index in [1.807, 2.05) is 6.07 Å². The van der Waals surface area contributed by atoms with Gasteiger partial charge in [-0.2, -0.15) is 5.26 Å². The summed E-state index contributed by atoms with van der Waals surface area (Å²) in [6, 6.07) is -0.547. The van der Waals surface area contributed by atoms with E-state index in [1.54, 1.807) is 13.0 Å². The van der Waals surface area contributed by atoms with Crippen molar-refractivity contribution in [2.75, 3.05) is 11.9 Å². The summed E-state index contributed by atoms with van der Waals surface area (Å²) in [5, 5.41) is 18.3. The van der Waals surface area contributed by atoms with Gasteiger partial charge in [-0.25, -0.2) is 8.78 Å². The number of fused-ring (bicyclic) bond motifs is 3. The summed E-state index contributed by atoms with van der Waals surface area (Å²) in [6.07, 6.45) is 4.30. The number of alkyl halides is 2. The predicted molar refractivity (Wildman–Crippen MR) is 127 cm³/mol. The molecule has 4 fully saturated rings. The number of piperidine rings is 3. The number of nitriles is 1. The van der Waals surface area contributed by atoms with Crippen LogP contribution in [0, 0.1) is 23.2 Å². The van der Waals surface area contributed by atoms with Crippen molar-refractivity contribution >= 4 is 35.0 Å². The van der Waals surface area contributed by atoms with Crippen LogP contribution in [-0.2, 0) is 14.4 Å². The van der Waals surface area contributed by atoms with Crippen molar-refractivity contribution in [3.8, 4) is 6.07 Å². The summed E-state index contributed by atoms with van der Waals surface area (Å²) in [6.45, 7) is 2.14. The fourth-order valence-electron chi connectivity index (χ4n) is 5.60. The molecule has 6 atom stereocenters. The molecule has 4 heterocycles. The summed E-state index contributed by atoms with van der Waals surface area (Å²) in [7, 11) is 0. The lowest BCUT2D eigenvalue weighted by Gasteiger charge is -2.54. The second-order valence-corrected chi connectivity index (χ2v) is 10.2. The Balaban J connectivity index is 1.52. The summed E-state index contributed by atoms with van der Waals surface area (Å²) in [4.78, 5) is 44.2. The molecule has 2 bridgehead atoms. The lowest BCUT2D eigenvalue weighted by Crippen LogP contribution is -2.70. The molecule has 0 spiro atoms. The summed E-state index contributed by atoms with van der Waals surface area (Å²) < 4.78 is 29.8. The van der Waals surface area contributed by atoms with E-state index in [-0.39, 0.29) is 18.7 Å². The van der Waals surface area contributed by atoms with E-state index < -0.39 is 60.2 Å². The van der Waals surface area contributed by atoms with Crippen LogP contribution < -0.4 is 16.0 Å². The fourth-order valence-corrected chi connectivity index (χ4v) is 5.77. The Bertz CT molecular complexity index is 1070. The summed E-state index contributed by atoms with van der Waals surface area (Å²) >= 11 is 5.96. The molecule has 5 rings (SSSR count). The molecule has 12 heteroatoms. The highest BCUT2D eigenvalue weighted by Gasteiger charge is 2.60. The van der Waals surface area contributed by atoms with Gasteiger partial charge in [0, 0.05) is 31.1 Å². The molecule has 0 unspecified atom stereocenters. The van der Waals surface area contributed by atoms with Crippen molar-refractivity contribution in [3.63, 3.8) is 0 Å². The average Bonchev–Trinajstić information content (AvgIpc) is 2.83. The molecular formula is C24H29ClF2N6O3. The molecule has 0 aromatic carbocycles. The van der Waals surface area contributed by atoms with Gasteiger partial charge in [0.05, 0.1) is 28.9 Å². The number of hydrogen-bond donors (Lipinski definition) is 3. The number of nitrogens with one attached hydrogen (secondary N) is 3. The fraction of sp³-hybridized carbons (Fsp3) is 0.625. The lowest BCUT2D eigenvalue weighted by atomic mass is 9.71. The van der Waals surface area contributed by atoms with Gasteiger partial charge in [-0.05, 0) is 45.1 Å². The molecule has 3 amide bonds. The molecule has 194 valence electrons. The van der Waals surface area contributed by atoms with Gasteiger partial charge in [0.15, 0.2) is 0 Å². The van der Waals surface area contributed by atoms with Crippen LogP contribution in [-0.4, -0.2) is 64.2 Å². The van der Waals surface area contributed by atoms with Crippen LogP contribution in [0.25, 0.3) is 0 Å². The number of carbonyl (C=O) groups is 3. The Morgan fingerprint density at radius 3 is 2.81 bits per heavy atom. The molecule has 1 aromatic heterocycles. The number of halogens is 3. The Labute approximate surface area is 212 Å². The second-order valence-electron chi connectivity index (χ2n) is 9.81. The summed E-state index contributed by atoms with van der Waals surface area (Å²) in [5.41, 5.74) is 0.479. The zero-order valence-corrected chi connectivity index (χ0v) is 20.6. The van der Waals surface area contributed by atoms with E-state index in [0.717, 1.165) is 6.42 Å². The van der Waals surface area contributed by atoms with E-state index >= 15 is 0 Å². The van der Waals surface area contributed by atoms with Crippen molar-refractivity contribution < 1.29 is 23.2 Å². The number of amides is 3. The van der Waals surface area contributed by atoms with E-state index in [4.69, 9.17) is 11.6 Å². The van der Waals surface area contributed by atoms with Gasteiger partial charge in [-0.3, -0.25) is 19.4 Å². The van der Waals surface area contributed by atoms with Crippen molar-refractivity contribution in [2.24, 2.45) is 11.8 Å². The third-order valence-corrected chi connectivity index (χ3v) is 7.52. The highest BCUT2D eigenvalue weighted by atomic mass is 35.5. The van der Waals surface area contributed by atoms with Crippen LogP contribution in [0.3, 0.4) is 0 Å². The lowest BCUT2D eigenvalue weighted by molar-refractivity contribution is -0.194. The minimum Gasteiger partial charge on any atom is -0.373 e. The third kappa shape index (κ3) is 5.38. The van der Waals surface area contributed by atoms with Crippen molar-refractivity contribution in [2.45, 2.75) is 75.5 Å². The number of nitrogens with zero attached hydrogens (tertiary/aromatic N) is 3. The van der Waals surface area contributed by atoms with Crippen LogP contribution in [0.15, 0.2) is 18.5 Å². The predicted octanol–water partition coefficient (Wildman–Crippen LogP) is 2.47. The molecule has 3 N–H and O–H groups in total. The van der Waals surface area contributed by atoms with Gasteiger partial charge in [0.25, 0.3) is 5.92 Å². The van der Waals surface area contributed by atoms with Gasteiger partial charge in [0.1, 0.15) is 18.1 Å². The molecule has 36 heavy (non-hydrogen) atoms. The van der Waals surface area contributed by atoms with Gasteiger partial charge < -0.3 is 20.9 Å². The molecule has 1 aromatic rings. The van der Waals surface area contributed by atoms with Gasteiger partial charge in [0.2, 0.25) is 17.7 Å². The number of pyridine rings is 1. The van der Waals surface area contributed by atoms with Crippen LogP contribution in [0.4, 0.5) is 14.5 Å². The third-order valence-electron chi connectivity index (χ3n) is 7.31. The zero-order chi connectivity index (χ0) is 26.0. The molecule has 3 saturated heterocycles. The molecule has 0 radical (unpaired) electrons. The topological polar surface area (TPSA) is 127 Å². The van der Waals surface area contributed by atoms with E-state index in [9.17, 15) is 28.4 Å². The Kier molecular flexibility index (Phi) is 7.64. The van der Waals surface area contributed by atoms with Crippen LogP contribution in [0.5, 0.6) is 0 Å². The first kappa shape index (κ1) is 26.1. The van der Waals surface area contributed by atoms with E-state index in [0.29, 0.717) is 30.1 Å². The smallest absolute Gasteiger partial charge is 0.255 e. The molecule has 1 saturated carbocycles. The number of rotatable bonds is 7. The number of hydrogen-bond acceptors (Lipinski definition) is 6.